The van der Waals surface area contributed by atoms with Crippen LogP contribution in [0.3, 0.4) is 0 Å². The molecule has 9 aromatic rings. The molecule has 2 aliphatic rings. The van der Waals surface area contributed by atoms with E-state index in [1.165, 1.54) is 100 Å². The number of anilines is 3. The van der Waals surface area contributed by atoms with E-state index >= 15 is 0 Å². The van der Waals surface area contributed by atoms with Gasteiger partial charge < -0.3 is 4.90 Å². The monoisotopic (exact) mass is 865 g/mol. The molecule has 328 valence electrons. The second-order valence-electron chi connectivity index (χ2n) is 21.4. The largest absolute Gasteiger partial charge is 0.310 e. The van der Waals surface area contributed by atoms with Crippen LogP contribution in [0.4, 0.5) is 17.1 Å². The van der Waals surface area contributed by atoms with E-state index < -0.39 is 5.41 Å². The summed E-state index contributed by atoms with van der Waals surface area (Å²) in [5.41, 5.74) is 23.3. The molecule has 1 nitrogen and oxygen atoms in total. The summed E-state index contributed by atoms with van der Waals surface area (Å²) in [6, 6.07) is 80.0. The molecule has 1 aliphatic heterocycles. The molecular formula is C66H59N. The van der Waals surface area contributed by atoms with Gasteiger partial charge in [-0.05, 0) is 142 Å². The van der Waals surface area contributed by atoms with E-state index in [0.29, 0.717) is 0 Å². The lowest BCUT2D eigenvalue weighted by atomic mass is 9.66. The van der Waals surface area contributed by atoms with E-state index in [1.807, 2.05) is 0 Å². The van der Waals surface area contributed by atoms with Crippen LogP contribution in [0.25, 0.3) is 44.5 Å². The lowest BCUT2D eigenvalue weighted by Crippen LogP contribution is -2.30. The fourth-order valence-electron chi connectivity index (χ4n) is 11.2. The highest BCUT2D eigenvalue weighted by atomic mass is 15.2. The maximum absolute atomic E-state index is 2.54. The van der Waals surface area contributed by atoms with Crippen LogP contribution in [0, 0.1) is 0 Å². The Morgan fingerprint density at radius 2 is 0.791 bits per heavy atom. The Kier molecular flexibility index (Phi) is 9.94. The van der Waals surface area contributed by atoms with Crippen LogP contribution in [0.2, 0.25) is 0 Å². The summed E-state index contributed by atoms with van der Waals surface area (Å²) in [7, 11) is 0. The molecule has 11 rings (SSSR count). The highest BCUT2D eigenvalue weighted by Gasteiger charge is 2.48. The minimum absolute atomic E-state index is 0.0225. The predicted octanol–water partition coefficient (Wildman–Crippen LogP) is 17.8. The lowest BCUT2D eigenvalue weighted by Gasteiger charge is -2.42. The van der Waals surface area contributed by atoms with Crippen molar-refractivity contribution in [2.75, 3.05) is 4.90 Å². The molecule has 67 heavy (non-hydrogen) atoms. The Balaban J connectivity index is 1.13. The van der Waals surface area contributed by atoms with Crippen LogP contribution in [-0.2, 0) is 21.7 Å². The van der Waals surface area contributed by atoms with Crippen LogP contribution in [0.15, 0.2) is 212 Å². The van der Waals surface area contributed by atoms with Crippen LogP contribution in [0.5, 0.6) is 0 Å². The average Bonchev–Trinajstić information content (AvgIpc) is 3.65. The summed E-state index contributed by atoms with van der Waals surface area (Å²) >= 11 is 0. The van der Waals surface area contributed by atoms with Crippen molar-refractivity contribution in [1.29, 1.82) is 0 Å². The molecular weight excluding hydrogens is 807 g/mol. The molecule has 0 saturated carbocycles. The van der Waals surface area contributed by atoms with Crippen molar-refractivity contribution in [2.24, 2.45) is 0 Å². The van der Waals surface area contributed by atoms with Gasteiger partial charge in [0, 0.05) is 11.1 Å². The van der Waals surface area contributed by atoms with E-state index in [0.717, 1.165) is 5.69 Å². The Hall–Kier alpha value is -7.22. The second kappa shape index (κ2) is 15.7. The van der Waals surface area contributed by atoms with Crippen molar-refractivity contribution in [3.63, 3.8) is 0 Å². The van der Waals surface area contributed by atoms with Gasteiger partial charge in [0.2, 0.25) is 0 Å². The summed E-state index contributed by atoms with van der Waals surface area (Å²) in [4.78, 5) is 2.50. The SMILES string of the molecule is CC(C)(C)c1ccc2c(c1)C(c1ccccc1)(c1ccccc1)c1cc(C(C)(C)C)cc(-c3ccc(N4c5ccc(-c6ccccc6)cc5C(C)(C)c5cc(-c6ccccc6)ccc54)cc3)c1-2. The Morgan fingerprint density at radius 3 is 1.27 bits per heavy atom. The van der Waals surface area contributed by atoms with Gasteiger partial charge in [-0.15, -0.1) is 0 Å². The summed E-state index contributed by atoms with van der Waals surface area (Å²) in [6.07, 6.45) is 0. The molecule has 0 bridgehead atoms. The second-order valence-corrected chi connectivity index (χ2v) is 21.4. The van der Waals surface area contributed by atoms with Crippen molar-refractivity contribution in [2.45, 2.75) is 77.0 Å². The first-order valence-corrected chi connectivity index (χ1v) is 24.0. The third-order valence-corrected chi connectivity index (χ3v) is 14.9. The zero-order valence-electron chi connectivity index (χ0n) is 40.2. The van der Waals surface area contributed by atoms with Crippen molar-refractivity contribution in [3.05, 3.63) is 257 Å². The van der Waals surface area contributed by atoms with Gasteiger partial charge in [0.25, 0.3) is 0 Å². The maximum atomic E-state index is 2.54. The van der Waals surface area contributed by atoms with E-state index in [1.54, 1.807) is 0 Å². The van der Waals surface area contributed by atoms with Crippen LogP contribution < -0.4 is 4.90 Å². The first kappa shape index (κ1) is 42.4. The fourth-order valence-corrected chi connectivity index (χ4v) is 11.2. The van der Waals surface area contributed by atoms with Gasteiger partial charge in [-0.1, -0.05) is 225 Å². The number of hydrogen-bond donors (Lipinski definition) is 0. The maximum Gasteiger partial charge on any atom is 0.0713 e. The molecule has 0 spiro atoms. The van der Waals surface area contributed by atoms with Crippen LogP contribution in [-0.4, -0.2) is 0 Å². The summed E-state index contributed by atoms with van der Waals surface area (Å²) in [6.45, 7) is 18.8. The highest BCUT2D eigenvalue weighted by molar-refractivity contribution is 5.97. The fraction of sp³-hybridized carbons (Fsp3) is 0.182. The molecule has 0 radical (unpaired) electrons. The van der Waals surface area contributed by atoms with E-state index in [2.05, 4.69) is 273 Å². The third kappa shape index (κ3) is 6.90. The van der Waals surface area contributed by atoms with E-state index in [4.69, 9.17) is 0 Å². The van der Waals surface area contributed by atoms with Gasteiger partial charge in [-0.2, -0.15) is 0 Å². The van der Waals surface area contributed by atoms with E-state index in [-0.39, 0.29) is 16.2 Å². The summed E-state index contributed by atoms with van der Waals surface area (Å²) < 4.78 is 0. The number of rotatable bonds is 6. The normalized spacial score (nSPS) is 14.5. The molecule has 0 N–H and O–H groups in total. The zero-order valence-corrected chi connectivity index (χ0v) is 40.2. The molecule has 0 atom stereocenters. The first-order valence-electron chi connectivity index (χ1n) is 24.0. The molecule has 1 aliphatic carbocycles. The lowest BCUT2D eigenvalue weighted by molar-refractivity contribution is 0.586. The van der Waals surface area contributed by atoms with Gasteiger partial charge in [0.05, 0.1) is 16.8 Å². The number of benzene rings is 9. The molecule has 0 aromatic heterocycles. The van der Waals surface area contributed by atoms with Crippen molar-refractivity contribution >= 4 is 17.1 Å². The van der Waals surface area contributed by atoms with Crippen molar-refractivity contribution < 1.29 is 0 Å². The molecule has 1 heterocycles. The summed E-state index contributed by atoms with van der Waals surface area (Å²) in [5, 5.41) is 0. The minimum Gasteiger partial charge on any atom is -0.310 e. The van der Waals surface area contributed by atoms with Crippen molar-refractivity contribution in [3.8, 4) is 44.5 Å². The number of hydrogen-bond acceptors (Lipinski definition) is 1. The molecule has 1 heteroatoms. The van der Waals surface area contributed by atoms with Crippen LogP contribution in [0.1, 0.15) is 99.9 Å². The molecule has 9 aromatic carbocycles. The molecule has 0 unspecified atom stereocenters. The zero-order chi connectivity index (χ0) is 46.3. The Morgan fingerprint density at radius 1 is 0.343 bits per heavy atom. The first-order chi connectivity index (χ1) is 32.2. The third-order valence-electron chi connectivity index (χ3n) is 14.9. The molecule has 0 saturated heterocycles. The van der Waals surface area contributed by atoms with Gasteiger partial charge >= 0.3 is 0 Å². The minimum atomic E-state index is -0.518. The molecule has 0 fully saturated rings. The number of fused-ring (bicyclic) bond motifs is 5. The average molecular weight is 866 g/mol. The van der Waals surface area contributed by atoms with Gasteiger partial charge in [0.15, 0.2) is 0 Å². The Labute approximate surface area is 398 Å². The number of nitrogens with zero attached hydrogens (tertiary/aromatic N) is 1. The van der Waals surface area contributed by atoms with E-state index in [9.17, 15) is 0 Å². The van der Waals surface area contributed by atoms with Gasteiger partial charge in [-0.3, -0.25) is 0 Å². The topological polar surface area (TPSA) is 3.24 Å². The summed E-state index contributed by atoms with van der Waals surface area (Å²) in [5.74, 6) is 0. The standard InChI is InChI=1S/C66H59N/c1-63(2,3)51-33-36-54-56(42-51)66(49-25-17-11-18-26-49,50-27-19-12-20-28-50)59-43-52(64(4,5)6)41-55(62(54)59)46-29-34-53(35-30-46)67-60-37-31-47(44-21-13-9-14-22-44)39-57(60)65(7,8)58-40-48(32-38-61(58)67)45-23-15-10-16-24-45/h9-43H,1-8H3. The molecule has 0 amide bonds. The highest BCUT2D eigenvalue weighted by Crippen LogP contribution is 2.60. The Bertz CT molecular complexity index is 3160. The predicted molar refractivity (Wildman–Crippen MR) is 284 cm³/mol. The van der Waals surface area contributed by atoms with Crippen LogP contribution >= 0.6 is 0 Å². The smallest absolute Gasteiger partial charge is 0.0713 e. The quantitative estimate of drug-likeness (QED) is 0.161. The van der Waals surface area contributed by atoms with Gasteiger partial charge in [0.1, 0.15) is 0 Å². The van der Waals surface area contributed by atoms with Gasteiger partial charge in [-0.25, -0.2) is 0 Å². The van der Waals surface area contributed by atoms with Crippen molar-refractivity contribution in [1.82, 2.24) is 0 Å².